The molecular weight excluding hydrogens is 214 g/mol. The Labute approximate surface area is 103 Å². The van der Waals surface area contributed by atoms with Crippen molar-refractivity contribution < 1.29 is 9.47 Å². The molecule has 2 rings (SSSR count). The minimum atomic E-state index is -0.196. The Bertz CT molecular complexity index is 348. The van der Waals surface area contributed by atoms with E-state index >= 15 is 0 Å². The number of rotatable bonds is 5. The lowest BCUT2D eigenvalue weighted by atomic mass is 9.99. The van der Waals surface area contributed by atoms with E-state index in [-0.39, 0.29) is 6.29 Å². The van der Waals surface area contributed by atoms with Gasteiger partial charge in [-0.15, -0.1) is 0 Å². The van der Waals surface area contributed by atoms with Crippen LogP contribution in [0.25, 0.3) is 0 Å². The average Bonchev–Trinajstić information content (AvgIpc) is 2.82. The minimum Gasteiger partial charge on any atom is -0.465 e. The Morgan fingerprint density at radius 3 is 3.06 bits per heavy atom. The van der Waals surface area contributed by atoms with Gasteiger partial charge in [-0.3, -0.25) is 0 Å². The van der Waals surface area contributed by atoms with Crippen LogP contribution in [0.15, 0.2) is 24.3 Å². The molecule has 0 bridgehead atoms. The van der Waals surface area contributed by atoms with Crippen molar-refractivity contribution in [1.82, 2.24) is 5.32 Å². The summed E-state index contributed by atoms with van der Waals surface area (Å²) in [6.07, 6.45) is 2.21. The zero-order chi connectivity index (χ0) is 12.1. The summed E-state index contributed by atoms with van der Waals surface area (Å²) in [5.41, 5.74) is 1.35. The lowest BCUT2D eigenvalue weighted by molar-refractivity contribution is -0.0383. The summed E-state index contributed by atoms with van der Waals surface area (Å²) in [6.45, 7) is 4.19. The van der Waals surface area contributed by atoms with Gasteiger partial charge in [-0.1, -0.05) is 12.1 Å². The standard InChI is InChI=1S/C14H21NO2/c1-11(16-2)17-14-5-3-4-12(9-14)8-13-6-7-15-10-13/h3-5,9,11,13,15H,6-8,10H2,1-2H3. The largest absolute Gasteiger partial charge is 0.465 e. The Hall–Kier alpha value is -1.06. The summed E-state index contributed by atoms with van der Waals surface area (Å²) >= 11 is 0. The van der Waals surface area contributed by atoms with Crippen LogP contribution in [0.1, 0.15) is 18.9 Å². The highest BCUT2D eigenvalue weighted by molar-refractivity contribution is 5.29. The quantitative estimate of drug-likeness (QED) is 0.794. The van der Waals surface area contributed by atoms with E-state index in [1.807, 2.05) is 13.0 Å². The first-order chi connectivity index (χ1) is 8.28. The van der Waals surface area contributed by atoms with Gasteiger partial charge in [0.15, 0.2) is 6.29 Å². The maximum atomic E-state index is 5.63. The van der Waals surface area contributed by atoms with Crippen molar-refractivity contribution in [3.8, 4) is 5.75 Å². The monoisotopic (exact) mass is 235 g/mol. The van der Waals surface area contributed by atoms with Crippen LogP contribution in [0, 0.1) is 5.92 Å². The third kappa shape index (κ3) is 3.72. The minimum absolute atomic E-state index is 0.196. The Morgan fingerprint density at radius 1 is 1.47 bits per heavy atom. The summed E-state index contributed by atoms with van der Waals surface area (Å²) in [7, 11) is 1.65. The molecular formula is C14H21NO2. The van der Waals surface area contributed by atoms with E-state index in [1.165, 1.54) is 12.0 Å². The molecule has 0 saturated carbocycles. The second-order valence-electron chi connectivity index (χ2n) is 4.63. The molecule has 1 fully saturated rings. The first-order valence-corrected chi connectivity index (χ1v) is 6.27. The van der Waals surface area contributed by atoms with Gasteiger partial charge in [0.2, 0.25) is 0 Å². The Kier molecular flexibility index (Phi) is 4.40. The van der Waals surface area contributed by atoms with Crippen molar-refractivity contribution in [2.45, 2.75) is 26.1 Å². The molecule has 0 radical (unpaired) electrons. The third-order valence-electron chi connectivity index (χ3n) is 3.22. The van der Waals surface area contributed by atoms with Crippen LogP contribution in [0.5, 0.6) is 5.75 Å². The molecule has 0 aromatic heterocycles. The van der Waals surface area contributed by atoms with E-state index < -0.39 is 0 Å². The van der Waals surface area contributed by atoms with Gasteiger partial charge in [0.05, 0.1) is 0 Å². The van der Waals surface area contributed by atoms with E-state index in [1.54, 1.807) is 7.11 Å². The highest BCUT2D eigenvalue weighted by Gasteiger charge is 2.15. The van der Waals surface area contributed by atoms with Gasteiger partial charge in [0.1, 0.15) is 5.75 Å². The molecule has 17 heavy (non-hydrogen) atoms. The predicted molar refractivity (Wildman–Crippen MR) is 68.2 cm³/mol. The lowest BCUT2D eigenvalue weighted by Crippen LogP contribution is -2.14. The molecule has 1 aliphatic rings. The molecule has 1 saturated heterocycles. The number of benzene rings is 1. The third-order valence-corrected chi connectivity index (χ3v) is 3.22. The smallest absolute Gasteiger partial charge is 0.196 e. The van der Waals surface area contributed by atoms with Gasteiger partial charge in [-0.05, 0) is 56.5 Å². The molecule has 1 aromatic carbocycles. The molecule has 1 heterocycles. The van der Waals surface area contributed by atoms with Crippen LogP contribution in [0.2, 0.25) is 0 Å². The fourth-order valence-electron chi connectivity index (χ4n) is 2.21. The summed E-state index contributed by atoms with van der Waals surface area (Å²) in [5.74, 6) is 1.66. The average molecular weight is 235 g/mol. The van der Waals surface area contributed by atoms with E-state index in [4.69, 9.17) is 9.47 Å². The predicted octanol–water partition coefficient (Wildman–Crippen LogP) is 2.21. The maximum absolute atomic E-state index is 5.63. The van der Waals surface area contributed by atoms with Crippen LogP contribution in [-0.2, 0) is 11.2 Å². The summed E-state index contributed by atoms with van der Waals surface area (Å²) in [5, 5.41) is 3.40. The molecule has 3 nitrogen and oxygen atoms in total. The summed E-state index contributed by atoms with van der Waals surface area (Å²) < 4.78 is 10.7. The number of nitrogens with one attached hydrogen (secondary N) is 1. The molecule has 94 valence electrons. The second kappa shape index (κ2) is 6.03. The first-order valence-electron chi connectivity index (χ1n) is 6.27. The zero-order valence-electron chi connectivity index (χ0n) is 10.6. The number of methoxy groups -OCH3 is 1. The fraction of sp³-hybridized carbons (Fsp3) is 0.571. The SMILES string of the molecule is COC(C)Oc1cccc(CC2CCNC2)c1. The molecule has 0 spiro atoms. The van der Waals surface area contributed by atoms with E-state index in [0.717, 1.165) is 31.2 Å². The zero-order valence-corrected chi connectivity index (χ0v) is 10.6. The highest BCUT2D eigenvalue weighted by atomic mass is 16.7. The van der Waals surface area contributed by atoms with Gasteiger partial charge in [-0.25, -0.2) is 0 Å². The number of ether oxygens (including phenoxy) is 2. The van der Waals surface area contributed by atoms with E-state index in [9.17, 15) is 0 Å². The maximum Gasteiger partial charge on any atom is 0.196 e. The molecule has 3 heteroatoms. The number of hydrogen-bond acceptors (Lipinski definition) is 3. The molecule has 2 atom stereocenters. The van der Waals surface area contributed by atoms with E-state index in [2.05, 4.69) is 23.5 Å². The van der Waals surface area contributed by atoms with Crippen LogP contribution < -0.4 is 10.1 Å². The summed E-state index contributed by atoms with van der Waals surface area (Å²) in [6, 6.07) is 8.32. The van der Waals surface area contributed by atoms with Crippen LogP contribution >= 0.6 is 0 Å². The van der Waals surface area contributed by atoms with Gasteiger partial charge in [0, 0.05) is 7.11 Å². The fourth-order valence-corrected chi connectivity index (χ4v) is 2.21. The molecule has 0 amide bonds. The van der Waals surface area contributed by atoms with Crippen molar-refractivity contribution in [3.05, 3.63) is 29.8 Å². The summed E-state index contributed by atoms with van der Waals surface area (Å²) in [4.78, 5) is 0. The normalized spacial score (nSPS) is 21.4. The van der Waals surface area contributed by atoms with Crippen LogP contribution in [0.3, 0.4) is 0 Å². The Balaban J connectivity index is 1.95. The molecule has 1 aromatic rings. The van der Waals surface area contributed by atoms with Crippen LogP contribution in [0.4, 0.5) is 0 Å². The van der Waals surface area contributed by atoms with Crippen molar-refractivity contribution in [3.63, 3.8) is 0 Å². The van der Waals surface area contributed by atoms with Crippen molar-refractivity contribution in [1.29, 1.82) is 0 Å². The van der Waals surface area contributed by atoms with Crippen molar-refractivity contribution >= 4 is 0 Å². The van der Waals surface area contributed by atoms with Gasteiger partial charge in [-0.2, -0.15) is 0 Å². The van der Waals surface area contributed by atoms with Gasteiger partial charge in [0.25, 0.3) is 0 Å². The molecule has 0 aliphatic carbocycles. The topological polar surface area (TPSA) is 30.5 Å². The van der Waals surface area contributed by atoms with Crippen molar-refractivity contribution in [2.24, 2.45) is 5.92 Å². The first kappa shape index (κ1) is 12.4. The van der Waals surface area contributed by atoms with Gasteiger partial charge >= 0.3 is 0 Å². The van der Waals surface area contributed by atoms with Crippen LogP contribution in [-0.4, -0.2) is 26.5 Å². The van der Waals surface area contributed by atoms with Gasteiger partial charge < -0.3 is 14.8 Å². The molecule has 1 N–H and O–H groups in total. The second-order valence-corrected chi connectivity index (χ2v) is 4.63. The van der Waals surface area contributed by atoms with E-state index in [0.29, 0.717) is 0 Å². The molecule has 2 unspecified atom stereocenters. The Morgan fingerprint density at radius 2 is 2.35 bits per heavy atom. The van der Waals surface area contributed by atoms with Crippen molar-refractivity contribution in [2.75, 3.05) is 20.2 Å². The number of hydrogen-bond donors (Lipinski definition) is 1. The molecule has 1 aliphatic heterocycles. The lowest BCUT2D eigenvalue weighted by Gasteiger charge is -2.14. The highest BCUT2D eigenvalue weighted by Crippen LogP contribution is 2.20.